The van der Waals surface area contributed by atoms with Crippen LogP contribution in [0, 0.1) is 0 Å². The Morgan fingerprint density at radius 1 is 1.15 bits per heavy atom. The van der Waals surface area contributed by atoms with Crippen LogP contribution in [0.15, 0.2) is 0 Å². The lowest BCUT2D eigenvalue weighted by molar-refractivity contribution is -0.142. The average Bonchev–Trinajstić information content (AvgIpc) is 2.85. The minimum Gasteiger partial charge on any atom is -0.307 e. The second-order valence-corrected chi connectivity index (χ2v) is 7.56. The molecule has 1 saturated heterocycles. The fourth-order valence-corrected chi connectivity index (χ4v) is 5.15. The predicted molar refractivity (Wildman–Crippen MR) is 74.7 cm³/mol. The molecule has 0 saturated carbocycles. The van der Waals surface area contributed by atoms with Gasteiger partial charge < -0.3 is 5.32 Å². The molecule has 2 aliphatic heterocycles. The number of hydrogen-bond acceptors (Lipinski definition) is 5. The smallest absolute Gasteiger partial charge is 0.307 e. The molecule has 2 unspecified atom stereocenters. The Bertz CT molecular complexity index is 521. The van der Waals surface area contributed by atoms with Crippen LogP contribution in [0.2, 0.25) is 0 Å². The molecule has 3 nitrogen and oxygen atoms in total. The molecule has 0 aromatic carbocycles. The quantitative estimate of drug-likeness (QED) is 0.861. The van der Waals surface area contributed by atoms with E-state index in [1.54, 1.807) is 23.5 Å². The molecule has 3 heterocycles. The molecule has 3 rings (SSSR count). The summed E-state index contributed by atoms with van der Waals surface area (Å²) in [6, 6.07) is 0. The molecule has 2 atom stereocenters. The van der Waals surface area contributed by atoms with Crippen LogP contribution < -0.4 is 5.32 Å². The van der Waals surface area contributed by atoms with Gasteiger partial charge in [0.25, 0.3) is 0 Å². The summed E-state index contributed by atoms with van der Waals surface area (Å²) in [6.45, 7) is 2.63. The molecular formula is C12H14F3N3S2. The van der Waals surface area contributed by atoms with Crippen LogP contribution in [0.5, 0.6) is 0 Å². The molecule has 0 amide bonds. The highest BCUT2D eigenvalue weighted by molar-refractivity contribution is 8.06. The lowest BCUT2D eigenvalue weighted by atomic mass is 10.1. The van der Waals surface area contributed by atoms with Gasteiger partial charge in [0.1, 0.15) is 5.82 Å². The minimum atomic E-state index is -4.41. The van der Waals surface area contributed by atoms with Crippen molar-refractivity contribution in [2.24, 2.45) is 0 Å². The van der Waals surface area contributed by atoms with Gasteiger partial charge in [-0.1, -0.05) is 6.92 Å². The van der Waals surface area contributed by atoms with Gasteiger partial charge in [0.2, 0.25) is 0 Å². The van der Waals surface area contributed by atoms with Gasteiger partial charge in [-0.05, 0) is 0 Å². The second-order valence-electron chi connectivity index (χ2n) is 4.82. The first kappa shape index (κ1) is 14.5. The van der Waals surface area contributed by atoms with E-state index in [9.17, 15) is 13.2 Å². The summed E-state index contributed by atoms with van der Waals surface area (Å²) in [5.41, 5.74) is -0.0427. The lowest BCUT2D eigenvalue weighted by Gasteiger charge is -2.27. The van der Waals surface area contributed by atoms with Gasteiger partial charge >= 0.3 is 6.18 Å². The maximum absolute atomic E-state index is 13.2. The van der Waals surface area contributed by atoms with Crippen molar-refractivity contribution in [1.29, 1.82) is 0 Å². The zero-order chi connectivity index (χ0) is 14.3. The number of alkyl halides is 3. The van der Waals surface area contributed by atoms with Crippen molar-refractivity contribution in [1.82, 2.24) is 15.3 Å². The Balaban J connectivity index is 2.04. The number of rotatable bonds is 1. The Morgan fingerprint density at radius 3 is 2.60 bits per heavy atom. The van der Waals surface area contributed by atoms with Crippen LogP contribution >= 0.6 is 23.5 Å². The number of fused-ring (bicyclic) bond motifs is 1. The van der Waals surface area contributed by atoms with E-state index in [-0.39, 0.29) is 22.6 Å². The number of halogens is 3. The number of hydrogen-bond donors (Lipinski definition) is 1. The van der Waals surface area contributed by atoms with Gasteiger partial charge in [0.15, 0.2) is 5.69 Å². The first-order chi connectivity index (χ1) is 9.47. The van der Waals surface area contributed by atoms with Crippen LogP contribution in [0.4, 0.5) is 13.2 Å². The lowest BCUT2D eigenvalue weighted by Crippen LogP contribution is -2.22. The molecule has 1 N–H and O–H groups in total. The highest BCUT2D eigenvalue weighted by atomic mass is 32.2. The summed E-state index contributed by atoms with van der Waals surface area (Å²) < 4.78 is 39.5. The summed E-state index contributed by atoms with van der Waals surface area (Å²) in [5, 5.41) is 3.11. The fourth-order valence-electron chi connectivity index (χ4n) is 2.47. The van der Waals surface area contributed by atoms with Crippen LogP contribution in [-0.4, -0.2) is 26.7 Å². The highest BCUT2D eigenvalue weighted by Gasteiger charge is 2.40. The van der Waals surface area contributed by atoms with Crippen molar-refractivity contribution in [3.8, 4) is 0 Å². The van der Waals surface area contributed by atoms with Gasteiger partial charge in [-0.3, -0.25) is 0 Å². The van der Waals surface area contributed by atoms with Crippen molar-refractivity contribution < 1.29 is 13.2 Å². The van der Waals surface area contributed by atoms with Gasteiger partial charge in [-0.2, -0.15) is 24.9 Å². The normalized spacial score (nSPS) is 26.6. The maximum Gasteiger partial charge on any atom is 0.433 e. The monoisotopic (exact) mass is 321 g/mol. The summed E-state index contributed by atoms with van der Waals surface area (Å²) in [6.07, 6.45) is -4.41. The third-order valence-corrected chi connectivity index (χ3v) is 6.50. The van der Waals surface area contributed by atoms with Gasteiger partial charge in [0.05, 0.1) is 10.9 Å². The van der Waals surface area contributed by atoms with Gasteiger partial charge in [0, 0.05) is 35.4 Å². The Hall–Kier alpha value is -0.470. The van der Waals surface area contributed by atoms with Crippen molar-refractivity contribution in [3.63, 3.8) is 0 Å². The molecule has 8 heteroatoms. The van der Waals surface area contributed by atoms with E-state index >= 15 is 0 Å². The summed E-state index contributed by atoms with van der Waals surface area (Å²) in [7, 11) is 0. The van der Waals surface area contributed by atoms with E-state index in [4.69, 9.17) is 0 Å². The van der Waals surface area contributed by atoms with Crippen molar-refractivity contribution in [2.75, 3.05) is 11.5 Å². The van der Waals surface area contributed by atoms with Crippen LogP contribution in [-0.2, 0) is 19.3 Å². The van der Waals surface area contributed by atoms with Crippen LogP contribution in [0.1, 0.15) is 34.9 Å². The number of nitrogens with one attached hydrogen (secondary N) is 1. The summed E-state index contributed by atoms with van der Waals surface area (Å²) in [5.74, 6) is 2.30. The van der Waals surface area contributed by atoms with Crippen molar-refractivity contribution in [3.05, 3.63) is 22.8 Å². The van der Waals surface area contributed by atoms with Crippen LogP contribution in [0.3, 0.4) is 0 Å². The van der Waals surface area contributed by atoms with Gasteiger partial charge in [-0.25, -0.2) is 9.97 Å². The highest BCUT2D eigenvalue weighted by Crippen LogP contribution is 2.42. The molecule has 1 aromatic heterocycles. The molecular weight excluding hydrogens is 307 g/mol. The first-order valence-corrected chi connectivity index (χ1v) is 8.47. The van der Waals surface area contributed by atoms with E-state index < -0.39 is 11.9 Å². The number of aromatic nitrogens is 2. The molecule has 1 fully saturated rings. The Labute approximate surface area is 123 Å². The predicted octanol–water partition coefficient (Wildman–Crippen LogP) is 3.01. The van der Waals surface area contributed by atoms with Crippen LogP contribution in [0.25, 0.3) is 0 Å². The molecule has 20 heavy (non-hydrogen) atoms. The maximum atomic E-state index is 13.2. The summed E-state index contributed by atoms with van der Waals surface area (Å²) in [4.78, 5) is 8.27. The average molecular weight is 321 g/mol. The zero-order valence-corrected chi connectivity index (χ0v) is 12.5. The Kier molecular flexibility index (Phi) is 3.89. The van der Waals surface area contributed by atoms with E-state index in [1.807, 2.05) is 6.92 Å². The fraction of sp³-hybridized carbons (Fsp3) is 0.667. The van der Waals surface area contributed by atoms with E-state index in [1.165, 1.54) is 0 Å². The van der Waals surface area contributed by atoms with Crippen molar-refractivity contribution in [2.45, 2.75) is 36.7 Å². The second kappa shape index (κ2) is 5.38. The molecule has 0 bridgehead atoms. The SMILES string of the molecule is CC1SCCSC1c1nc2c(c(C(F)(F)F)n1)CNC2. The summed E-state index contributed by atoms with van der Waals surface area (Å²) >= 11 is 3.43. The third kappa shape index (κ3) is 2.65. The van der Waals surface area contributed by atoms with Crippen molar-refractivity contribution >= 4 is 23.5 Å². The zero-order valence-electron chi connectivity index (χ0n) is 10.8. The molecule has 0 aliphatic carbocycles. The topological polar surface area (TPSA) is 37.8 Å². The van der Waals surface area contributed by atoms with E-state index in [0.717, 1.165) is 11.5 Å². The third-order valence-electron chi connectivity index (χ3n) is 3.42. The molecule has 0 radical (unpaired) electrons. The first-order valence-electron chi connectivity index (χ1n) is 6.37. The number of thioether (sulfide) groups is 2. The molecule has 1 aromatic rings. The standard InChI is InChI=1S/C12H14F3N3S2/c1-6-9(20-3-2-19-6)11-17-8-5-16-4-7(8)10(18-11)12(13,14)15/h6,9,16H,2-5H2,1H3. The van der Waals surface area contributed by atoms with E-state index in [2.05, 4.69) is 15.3 Å². The molecule has 110 valence electrons. The van der Waals surface area contributed by atoms with E-state index in [0.29, 0.717) is 18.1 Å². The number of nitrogens with zero attached hydrogens (tertiary/aromatic N) is 2. The largest absolute Gasteiger partial charge is 0.433 e. The molecule has 2 aliphatic rings. The molecule has 0 spiro atoms. The van der Waals surface area contributed by atoms with Gasteiger partial charge in [-0.15, -0.1) is 11.8 Å². The Morgan fingerprint density at radius 2 is 1.90 bits per heavy atom. The minimum absolute atomic E-state index is 0.0549.